The van der Waals surface area contributed by atoms with Gasteiger partial charge in [-0.2, -0.15) is 0 Å². The van der Waals surface area contributed by atoms with Crippen molar-refractivity contribution in [3.05, 3.63) is 76.9 Å². The van der Waals surface area contributed by atoms with Crippen molar-refractivity contribution in [1.29, 1.82) is 0 Å². The van der Waals surface area contributed by atoms with Crippen molar-refractivity contribution in [2.45, 2.75) is 13.8 Å². The van der Waals surface area contributed by atoms with Crippen LogP contribution in [0.5, 0.6) is 0 Å². The topological polar surface area (TPSA) is 30.2 Å². The average Bonchev–Trinajstić information content (AvgIpc) is 2.43. The molecule has 1 aromatic heterocycles. The van der Waals surface area contributed by atoms with Crippen molar-refractivity contribution in [1.82, 2.24) is 0 Å². The molecule has 2 heteroatoms. The van der Waals surface area contributed by atoms with E-state index in [1.54, 1.807) is 18.2 Å². The van der Waals surface area contributed by atoms with Gasteiger partial charge in [0.1, 0.15) is 12.0 Å². The summed E-state index contributed by atoms with van der Waals surface area (Å²) in [6.07, 6.45) is 13.7. The molecule has 0 N–H and O–H groups in total. The molecule has 19 heavy (non-hydrogen) atoms. The van der Waals surface area contributed by atoms with Crippen LogP contribution in [0.15, 0.2) is 59.0 Å². The summed E-state index contributed by atoms with van der Waals surface area (Å²) < 4.78 is 5.45. The van der Waals surface area contributed by atoms with Crippen LogP contribution in [0.1, 0.15) is 30.7 Å². The van der Waals surface area contributed by atoms with Gasteiger partial charge < -0.3 is 4.42 Å². The molecule has 0 aliphatic carbocycles. The average molecular weight is 254 g/mol. The molecule has 0 aliphatic rings. The zero-order chi connectivity index (χ0) is 14.3. The second-order valence-corrected chi connectivity index (χ2v) is 3.81. The maximum atomic E-state index is 12.4. The van der Waals surface area contributed by atoms with Gasteiger partial charge in [-0.1, -0.05) is 49.6 Å². The SMILES string of the molecule is C=C/C(=C\C=C/C)c1coc(C=C)c(/C=C\C)c1=O. The first-order valence-corrected chi connectivity index (χ1v) is 6.06. The number of hydrogen-bond donors (Lipinski definition) is 0. The third-order valence-corrected chi connectivity index (χ3v) is 2.58. The van der Waals surface area contributed by atoms with Crippen molar-refractivity contribution >= 4 is 17.7 Å². The van der Waals surface area contributed by atoms with Crippen molar-refractivity contribution in [3.63, 3.8) is 0 Å². The lowest BCUT2D eigenvalue weighted by molar-refractivity contribution is 0.534. The van der Waals surface area contributed by atoms with Gasteiger partial charge in [-0.15, -0.1) is 0 Å². The van der Waals surface area contributed by atoms with E-state index in [4.69, 9.17) is 4.42 Å². The van der Waals surface area contributed by atoms with Crippen LogP contribution in [0.25, 0.3) is 17.7 Å². The van der Waals surface area contributed by atoms with Gasteiger partial charge >= 0.3 is 0 Å². The Kier molecular flexibility index (Phi) is 5.55. The molecule has 0 amide bonds. The first-order chi connectivity index (χ1) is 9.19. The molecule has 0 saturated carbocycles. The van der Waals surface area contributed by atoms with Gasteiger partial charge in [0.25, 0.3) is 0 Å². The van der Waals surface area contributed by atoms with E-state index in [2.05, 4.69) is 13.2 Å². The second-order valence-electron chi connectivity index (χ2n) is 3.81. The van der Waals surface area contributed by atoms with E-state index in [1.807, 2.05) is 32.1 Å². The van der Waals surface area contributed by atoms with Crippen molar-refractivity contribution < 1.29 is 4.42 Å². The highest BCUT2D eigenvalue weighted by Gasteiger charge is 2.11. The Hall–Kier alpha value is -2.35. The Morgan fingerprint density at radius 3 is 2.53 bits per heavy atom. The van der Waals surface area contributed by atoms with Crippen molar-refractivity contribution in [2.75, 3.05) is 0 Å². The molecule has 0 aromatic carbocycles. The molecule has 0 bridgehead atoms. The highest BCUT2D eigenvalue weighted by atomic mass is 16.3. The molecule has 98 valence electrons. The molecular weight excluding hydrogens is 236 g/mol. The molecule has 1 rings (SSSR count). The van der Waals surface area contributed by atoms with Gasteiger partial charge in [0.05, 0.1) is 11.1 Å². The summed E-state index contributed by atoms with van der Waals surface area (Å²) in [5.41, 5.74) is 1.64. The predicted octanol–water partition coefficient (Wildman–Crippen LogP) is 4.46. The normalized spacial score (nSPS) is 12.2. The summed E-state index contributed by atoms with van der Waals surface area (Å²) in [4.78, 5) is 12.4. The molecule has 0 fully saturated rings. The lowest BCUT2D eigenvalue weighted by atomic mass is 10.0. The van der Waals surface area contributed by atoms with E-state index >= 15 is 0 Å². The maximum Gasteiger partial charge on any atom is 0.200 e. The van der Waals surface area contributed by atoms with E-state index in [0.29, 0.717) is 16.9 Å². The zero-order valence-corrected chi connectivity index (χ0v) is 11.3. The smallest absolute Gasteiger partial charge is 0.200 e. The summed E-state index contributed by atoms with van der Waals surface area (Å²) in [6, 6.07) is 0. The summed E-state index contributed by atoms with van der Waals surface area (Å²) in [5, 5.41) is 0. The molecule has 1 heterocycles. The minimum absolute atomic E-state index is 0.0881. The van der Waals surface area contributed by atoms with E-state index in [0.717, 1.165) is 5.57 Å². The van der Waals surface area contributed by atoms with E-state index in [9.17, 15) is 4.79 Å². The van der Waals surface area contributed by atoms with Gasteiger partial charge in [-0.05, 0) is 25.5 Å². The van der Waals surface area contributed by atoms with Crippen LogP contribution in [0.4, 0.5) is 0 Å². The van der Waals surface area contributed by atoms with Gasteiger partial charge in [0.2, 0.25) is 0 Å². The number of rotatable bonds is 5. The fourth-order valence-electron chi connectivity index (χ4n) is 1.65. The minimum atomic E-state index is -0.0881. The second kappa shape index (κ2) is 7.17. The third-order valence-electron chi connectivity index (χ3n) is 2.58. The molecule has 0 saturated heterocycles. The van der Waals surface area contributed by atoms with E-state index in [-0.39, 0.29) is 5.43 Å². The largest absolute Gasteiger partial charge is 0.463 e. The number of allylic oxidation sites excluding steroid dienone is 6. The molecular formula is C17H18O2. The van der Waals surface area contributed by atoms with Crippen LogP contribution < -0.4 is 5.43 Å². The fourth-order valence-corrected chi connectivity index (χ4v) is 1.65. The predicted molar refractivity (Wildman–Crippen MR) is 82.8 cm³/mol. The van der Waals surface area contributed by atoms with Crippen LogP contribution in [-0.4, -0.2) is 0 Å². The standard InChI is InChI=1S/C17H18O2/c1-5-9-11-13(7-3)15-12-19-16(8-4)14(10-6-2)17(15)18/h5-12H,3-4H2,1-2H3/b9-5-,10-6-,13-11+. The first kappa shape index (κ1) is 14.7. The molecule has 2 nitrogen and oxygen atoms in total. The quantitative estimate of drug-likeness (QED) is 0.726. The van der Waals surface area contributed by atoms with Crippen LogP contribution >= 0.6 is 0 Å². The number of hydrogen-bond acceptors (Lipinski definition) is 2. The summed E-state index contributed by atoms with van der Waals surface area (Å²) in [5.74, 6) is 0.473. The van der Waals surface area contributed by atoms with Crippen LogP contribution in [0.3, 0.4) is 0 Å². The van der Waals surface area contributed by atoms with Crippen molar-refractivity contribution in [3.8, 4) is 0 Å². The Bertz CT molecular complexity index is 611. The monoisotopic (exact) mass is 254 g/mol. The first-order valence-electron chi connectivity index (χ1n) is 6.06. The highest BCUT2D eigenvalue weighted by Crippen LogP contribution is 2.16. The summed E-state index contributed by atoms with van der Waals surface area (Å²) >= 11 is 0. The Balaban J connectivity index is 3.55. The van der Waals surface area contributed by atoms with Gasteiger partial charge in [-0.3, -0.25) is 4.79 Å². The molecule has 1 aromatic rings. The van der Waals surface area contributed by atoms with Crippen LogP contribution in [0, 0.1) is 0 Å². The lowest BCUT2D eigenvalue weighted by Crippen LogP contribution is -2.12. The molecule has 0 aliphatic heterocycles. The minimum Gasteiger partial charge on any atom is -0.463 e. The van der Waals surface area contributed by atoms with E-state index < -0.39 is 0 Å². The van der Waals surface area contributed by atoms with Gasteiger partial charge in [-0.25, -0.2) is 0 Å². The van der Waals surface area contributed by atoms with Crippen LogP contribution in [-0.2, 0) is 0 Å². The highest BCUT2D eigenvalue weighted by molar-refractivity contribution is 5.76. The van der Waals surface area contributed by atoms with E-state index in [1.165, 1.54) is 12.3 Å². The van der Waals surface area contributed by atoms with Crippen molar-refractivity contribution in [2.24, 2.45) is 0 Å². The van der Waals surface area contributed by atoms with Gasteiger partial charge in [0.15, 0.2) is 5.43 Å². The molecule has 0 radical (unpaired) electrons. The van der Waals surface area contributed by atoms with Crippen LogP contribution in [0.2, 0.25) is 0 Å². The third kappa shape index (κ3) is 3.32. The molecule has 0 unspecified atom stereocenters. The summed E-state index contributed by atoms with van der Waals surface area (Å²) in [6.45, 7) is 11.1. The zero-order valence-electron chi connectivity index (χ0n) is 11.3. The maximum absolute atomic E-state index is 12.4. The fraction of sp³-hybridized carbons (Fsp3) is 0.118. The van der Waals surface area contributed by atoms with Gasteiger partial charge in [0, 0.05) is 0 Å². The summed E-state index contributed by atoms with van der Waals surface area (Å²) in [7, 11) is 0. The lowest BCUT2D eigenvalue weighted by Gasteiger charge is -2.04. The Morgan fingerprint density at radius 2 is 2.00 bits per heavy atom. The molecule has 0 atom stereocenters. The Morgan fingerprint density at radius 1 is 1.26 bits per heavy atom. The Labute approximate surface area is 113 Å². The molecule has 0 spiro atoms.